The van der Waals surface area contributed by atoms with Crippen molar-refractivity contribution in [3.63, 3.8) is 0 Å². The minimum atomic E-state index is 0.0838. The molecule has 1 aliphatic heterocycles. The van der Waals surface area contributed by atoms with Gasteiger partial charge in [-0.2, -0.15) is 0 Å². The van der Waals surface area contributed by atoms with Crippen LogP contribution in [0.3, 0.4) is 0 Å². The maximum atomic E-state index is 13.0. The Morgan fingerprint density at radius 3 is 2.95 bits per heavy atom. The molecule has 2 atom stereocenters. The molecule has 2 unspecified atom stereocenters. The molecule has 0 radical (unpaired) electrons. The number of hydrogen-bond donors (Lipinski definition) is 1. The lowest BCUT2D eigenvalue weighted by atomic mass is 9.82. The Balaban J connectivity index is 1.83. The third-order valence-electron chi connectivity index (χ3n) is 4.77. The first-order chi connectivity index (χ1) is 9.81. The number of nitrogens with one attached hydrogen (secondary N) is 1. The molecule has 3 heteroatoms. The maximum Gasteiger partial charge on any atom is 0.230 e. The van der Waals surface area contributed by atoms with E-state index in [2.05, 4.69) is 41.4 Å². The Hall–Kier alpha value is -1.35. The van der Waals surface area contributed by atoms with E-state index in [1.54, 1.807) is 0 Å². The van der Waals surface area contributed by atoms with Crippen molar-refractivity contribution in [1.82, 2.24) is 10.2 Å². The first kappa shape index (κ1) is 13.6. The van der Waals surface area contributed by atoms with Crippen molar-refractivity contribution < 1.29 is 4.79 Å². The fraction of sp³-hybridized carbons (Fsp3) is 0.588. The number of benzene rings is 1. The van der Waals surface area contributed by atoms with E-state index >= 15 is 0 Å². The summed E-state index contributed by atoms with van der Waals surface area (Å²) in [6, 6.07) is 8.88. The molecule has 1 fully saturated rings. The summed E-state index contributed by atoms with van der Waals surface area (Å²) in [4.78, 5) is 15.1. The van der Waals surface area contributed by atoms with Gasteiger partial charge in [-0.1, -0.05) is 24.3 Å². The number of fused-ring (bicyclic) bond motifs is 1. The number of carbonyl (C=O) groups excluding carboxylic acids is 1. The SMILES string of the molecule is CCN(C(=O)C1CCCc2ccccc21)C1CCNC1. The van der Waals surface area contributed by atoms with Gasteiger partial charge < -0.3 is 10.2 Å². The largest absolute Gasteiger partial charge is 0.338 e. The van der Waals surface area contributed by atoms with Crippen LogP contribution in [0.15, 0.2) is 24.3 Å². The Bertz CT molecular complexity index is 480. The lowest BCUT2D eigenvalue weighted by molar-refractivity contribution is -0.135. The molecule has 108 valence electrons. The number of hydrogen-bond acceptors (Lipinski definition) is 2. The number of aryl methyl sites for hydroxylation is 1. The van der Waals surface area contributed by atoms with E-state index < -0.39 is 0 Å². The van der Waals surface area contributed by atoms with Crippen LogP contribution in [0.1, 0.15) is 43.2 Å². The number of nitrogens with zero attached hydrogens (tertiary/aromatic N) is 1. The second-order valence-electron chi connectivity index (χ2n) is 5.91. The lowest BCUT2D eigenvalue weighted by Crippen LogP contribution is -2.44. The van der Waals surface area contributed by atoms with E-state index in [-0.39, 0.29) is 5.92 Å². The summed E-state index contributed by atoms with van der Waals surface area (Å²) in [7, 11) is 0. The first-order valence-electron chi connectivity index (χ1n) is 7.90. The fourth-order valence-corrected chi connectivity index (χ4v) is 3.71. The molecule has 1 aromatic rings. The second-order valence-corrected chi connectivity index (χ2v) is 5.91. The van der Waals surface area contributed by atoms with Crippen LogP contribution in [0.5, 0.6) is 0 Å². The highest BCUT2D eigenvalue weighted by Crippen LogP contribution is 2.33. The van der Waals surface area contributed by atoms with E-state index in [1.165, 1.54) is 11.1 Å². The highest BCUT2D eigenvalue weighted by atomic mass is 16.2. The minimum Gasteiger partial charge on any atom is -0.338 e. The average Bonchev–Trinajstić information content (AvgIpc) is 3.01. The molecule has 20 heavy (non-hydrogen) atoms. The van der Waals surface area contributed by atoms with Crippen LogP contribution in [0.2, 0.25) is 0 Å². The smallest absolute Gasteiger partial charge is 0.230 e. The van der Waals surface area contributed by atoms with Crippen molar-refractivity contribution in [2.45, 2.75) is 44.6 Å². The van der Waals surface area contributed by atoms with Gasteiger partial charge in [-0.25, -0.2) is 0 Å². The predicted octanol–water partition coefficient (Wildman–Crippen LogP) is 2.32. The molecule has 1 saturated heterocycles. The number of rotatable bonds is 3. The van der Waals surface area contributed by atoms with Gasteiger partial charge in [0.1, 0.15) is 0 Å². The molecule has 1 amide bonds. The molecule has 1 aliphatic carbocycles. The topological polar surface area (TPSA) is 32.3 Å². The summed E-state index contributed by atoms with van der Waals surface area (Å²) >= 11 is 0. The van der Waals surface area contributed by atoms with Crippen LogP contribution >= 0.6 is 0 Å². The molecule has 0 aromatic heterocycles. The number of carbonyl (C=O) groups is 1. The highest BCUT2D eigenvalue weighted by Gasteiger charge is 2.33. The van der Waals surface area contributed by atoms with Crippen LogP contribution in [0.25, 0.3) is 0 Å². The van der Waals surface area contributed by atoms with Crippen LogP contribution in [-0.2, 0) is 11.2 Å². The molecular formula is C17H24N2O. The normalized spacial score (nSPS) is 25.2. The van der Waals surface area contributed by atoms with Crippen molar-refractivity contribution in [1.29, 1.82) is 0 Å². The molecule has 0 bridgehead atoms. The van der Waals surface area contributed by atoms with Gasteiger partial charge in [-0.3, -0.25) is 4.79 Å². The van der Waals surface area contributed by atoms with Crippen molar-refractivity contribution in [2.24, 2.45) is 0 Å². The van der Waals surface area contributed by atoms with Gasteiger partial charge in [0.2, 0.25) is 5.91 Å². The zero-order valence-electron chi connectivity index (χ0n) is 12.3. The Morgan fingerprint density at radius 1 is 1.35 bits per heavy atom. The minimum absolute atomic E-state index is 0.0838. The Labute approximate surface area is 121 Å². The standard InChI is InChI=1S/C17H24N2O/c1-2-19(14-10-11-18-12-14)17(20)16-9-5-7-13-6-3-4-8-15(13)16/h3-4,6,8,14,16,18H,2,5,7,9-12H2,1H3. The first-order valence-corrected chi connectivity index (χ1v) is 7.90. The maximum absolute atomic E-state index is 13.0. The van der Waals surface area contributed by atoms with E-state index in [9.17, 15) is 4.79 Å². The number of likely N-dealkylation sites (N-methyl/N-ethyl adjacent to an activating group) is 1. The third-order valence-corrected chi connectivity index (χ3v) is 4.77. The summed E-state index contributed by atoms with van der Waals surface area (Å²) in [5, 5.41) is 3.37. The summed E-state index contributed by atoms with van der Waals surface area (Å²) < 4.78 is 0. The number of amides is 1. The van der Waals surface area contributed by atoms with Gasteiger partial charge in [0.05, 0.1) is 5.92 Å². The van der Waals surface area contributed by atoms with Crippen molar-refractivity contribution in [3.05, 3.63) is 35.4 Å². The molecule has 3 rings (SSSR count). The van der Waals surface area contributed by atoms with Gasteiger partial charge in [-0.05, 0) is 50.3 Å². The highest BCUT2D eigenvalue weighted by molar-refractivity contribution is 5.84. The van der Waals surface area contributed by atoms with Crippen molar-refractivity contribution >= 4 is 5.91 Å². The molecule has 1 aromatic carbocycles. The lowest BCUT2D eigenvalue weighted by Gasteiger charge is -2.33. The summed E-state index contributed by atoms with van der Waals surface area (Å²) in [6.07, 6.45) is 4.35. The van der Waals surface area contributed by atoms with Gasteiger partial charge in [-0.15, -0.1) is 0 Å². The third kappa shape index (κ3) is 2.47. The van der Waals surface area contributed by atoms with E-state index in [0.29, 0.717) is 11.9 Å². The van der Waals surface area contributed by atoms with Gasteiger partial charge >= 0.3 is 0 Å². The van der Waals surface area contributed by atoms with Gasteiger partial charge in [0.15, 0.2) is 0 Å². The molecule has 2 aliphatic rings. The van der Waals surface area contributed by atoms with Crippen LogP contribution < -0.4 is 5.32 Å². The van der Waals surface area contributed by atoms with Crippen molar-refractivity contribution in [3.8, 4) is 0 Å². The summed E-state index contributed by atoms with van der Waals surface area (Å²) in [5.41, 5.74) is 2.64. The molecule has 1 heterocycles. The quantitative estimate of drug-likeness (QED) is 0.916. The molecule has 1 N–H and O–H groups in total. The van der Waals surface area contributed by atoms with E-state index in [1.807, 2.05) is 0 Å². The van der Waals surface area contributed by atoms with Crippen LogP contribution in [0.4, 0.5) is 0 Å². The fourth-order valence-electron chi connectivity index (χ4n) is 3.71. The van der Waals surface area contributed by atoms with E-state index in [4.69, 9.17) is 0 Å². The Kier molecular flexibility index (Phi) is 4.06. The van der Waals surface area contributed by atoms with Gasteiger partial charge in [0, 0.05) is 19.1 Å². The van der Waals surface area contributed by atoms with Crippen LogP contribution in [-0.4, -0.2) is 36.5 Å². The van der Waals surface area contributed by atoms with Crippen LogP contribution in [0, 0.1) is 0 Å². The van der Waals surface area contributed by atoms with E-state index in [0.717, 1.165) is 45.3 Å². The molecule has 3 nitrogen and oxygen atoms in total. The Morgan fingerprint density at radius 2 is 2.20 bits per heavy atom. The van der Waals surface area contributed by atoms with Crippen molar-refractivity contribution in [2.75, 3.05) is 19.6 Å². The molecule has 0 saturated carbocycles. The van der Waals surface area contributed by atoms with Gasteiger partial charge in [0.25, 0.3) is 0 Å². The molecular weight excluding hydrogens is 248 g/mol. The zero-order valence-corrected chi connectivity index (χ0v) is 12.3. The summed E-state index contributed by atoms with van der Waals surface area (Å²) in [6.45, 7) is 4.92. The monoisotopic (exact) mass is 272 g/mol. The molecule has 0 spiro atoms. The summed E-state index contributed by atoms with van der Waals surface area (Å²) in [5.74, 6) is 0.425. The zero-order chi connectivity index (χ0) is 13.9. The average molecular weight is 272 g/mol. The second kappa shape index (κ2) is 5.96. The predicted molar refractivity (Wildman–Crippen MR) is 80.8 cm³/mol.